The van der Waals surface area contributed by atoms with Gasteiger partial charge in [-0.25, -0.2) is 0 Å². The van der Waals surface area contributed by atoms with Crippen LogP contribution in [0.4, 0.5) is 5.69 Å². The van der Waals surface area contributed by atoms with Crippen LogP contribution in [0.3, 0.4) is 0 Å². The molecule has 0 atom stereocenters. The van der Waals surface area contributed by atoms with Crippen LogP contribution in [0.5, 0.6) is 0 Å². The lowest BCUT2D eigenvalue weighted by atomic mass is 9.73. The number of hydrogen-bond acceptors (Lipinski definition) is 3. The van der Waals surface area contributed by atoms with Crippen molar-refractivity contribution in [1.82, 2.24) is 10.2 Å². The summed E-state index contributed by atoms with van der Waals surface area (Å²) in [4.78, 5) is 19.1. The number of amides is 1. The van der Waals surface area contributed by atoms with Gasteiger partial charge in [0.15, 0.2) is 11.7 Å². The Bertz CT molecular complexity index is 854. The van der Waals surface area contributed by atoms with Crippen molar-refractivity contribution < 1.29 is 9.21 Å². The van der Waals surface area contributed by atoms with Crippen molar-refractivity contribution in [1.29, 1.82) is 0 Å². The number of carbonyl (C=O) groups is 1. The summed E-state index contributed by atoms with van der Waals surface area (Å²) in [5.41, 5.74) is 2.35. The van der Waals surface area contributed by atoms with E-state index in [9.17, 15) is 4.79 Å². The van der Waals surface area contributed by atoms with Gasteiger partial charge in [0.25, 0.3) is 5.91 Å². The van der Waals surface area contributed by atoms with Crippen LogP contribution in [-0.2, 0) is 6.54 Å². The zero-order chi connectivity index (χ0) is 20.1. The van der Waals surface area contributed by atoms with Crippen LogP contribution in [0.25, 0.3) is 0 Å². The lowest BCUT2D eigenvalue weighted by molar-refractivity contribution is 0.0996. The van der Waals surface area contributed by atoms with Gasteiger partial charge in [0.2, 0.25) is 0 Å². The highest BCUT2D eigenvalue weighted by atomic mass is 16.3. The molecule has 1 amide bonds. The van der Waals surface area contributed by atoms with Gasteiger partial charge < -0.3 is 20.0 Å². The molecule has 1 aromatic carbocycles. The topological polar surface area (TPSA) is 69.9 Å². The molecule has 154 valence electrons. The van der Waals surface area contributed by atoms with E-state index in [2.05, 4.69) is 26.6 Å². The van der Waals surface area contributed by atoms with Crippen molar-refractivity contribution in [3.8, 4) is 0 Å². The second-order valence-corrected chi connectivity index (χ2v) is 8.26. The fourth-order valence-electron chi connectivity index (χ4n) is 4.70. The molecule has 1 spiro atoms. The highest BCUT2D eigenvalue weighted by Crippen LogP contribution is 2.43. The summed E-state index contributed by atoms with van der Waals surface area (Å²) in [7, 11) is 1.86. The molecule has 0 bridgehead atoms. The molecule has 6 heteroatoms. The lowest BCUT2D eigenvalue weighted by Gasteiger charge is -2.33. The Kier molecular flexibility index (Phi) is 5.88. The normalized spacial score (nSPS) is 18.8. The molecule has 1 saturated heterocycles. The minimum Gasteiger partial charge on any atom is -0.459 e. The number of furan rings is 1. The molecule has 2 heterocycles. The smallest absolute Gasteiger partial charge is 0.291 e. The summed E-state index contributed by atoms with van der Waals surface area (Å²) in [6.45, 7) is 2.87. The Balaban J connectivity index is 1.34. The SMILES string of the molecule is CN=C(NCc1cccc(NC(=O)c2ccco2)c1)N1CCC2(CCCCC2)C1. The number of carbonyl (C=O) groups excluding carboxylic acids is 1. The van der Waals surface area contributed by atoms with Crippen molar-refractivity contribution in [2.75, 3.05) is 25.5 Å². The predicted octanol–water partition coefficient (Wildman–Crippen LogP) is 4.26. The van der Waals surface area contributed by atoms with Crippen molar-refractivity contribution in [2.45, 2.75) is 45.1 Å². The van der Waals surface area contributed by atoms with Crippen LogP contribution in [0.2, 0.25) is 0 Å². The Morgan fingerprint density at radius 2 is 2.03 bits per heavy atom. The number of nitrogens with one attached hydrogen (secondary N) is 2. The number of benzene rings is 1. The van der Waals surface area contributed by atoms with E-state index in [0.717, 1.165) is 30.3 Å². The molecule has 1 aliphatic heterocycles. The fourth-order valence-corrected chi connectivity index (χ4v) is 4.70. The zero-order valence-electron chi connectivity index (χ0n) is 17.1. The molecular formula is C23H30N4O2. The third-order valence-corrected chi connectivity index (χ3v) is 6.24. The first-order valence-electron chi connectivity index (χ1n) is 10.6. The molecule has 1 aliphatic carbocycles. The van der Waals surface area contributed by atoms with E-state index < -0.39 is 0 Å². The quantitative estimate of drug-likeness (QED) is 0.600. The Hall–Kier alpha value is -2.76. The van der Waals surface area contributed by atoms with Crippen LogP contribution < -0.4 is 10.6 Å². The Morgan fingerprint density at radius 1 is 1.17 bits per heavy atom. The molecular weight excluding hydrogens is 364 g/mol. The Morgan fingerprint density at radius 3 is 2.79 bits per heavy atom. The predicted molar refractivity (Wildman–Crippen MR) is 115 cm³/mol. The molecule has 29 heavy (non-hydrogen) atoms. The highest BCUT2D eigenvalue weighted by molar-refractivity contribution is 6.02. The van der Waals surface area contributed by atoms with Crippen molar-refractivity contribution >= 4 is 17.6 Å². The first kappa shape index (κ1) is 19.6. The van der Waals surface area contributed by atoms with Crippen molar-refractivity contribution in [3.63, 3.8) is 0 Å². The van der Waals surface area contributed by atoms with Crippen LogP contribution in [0.1, 0.15) is 54.6 Å². The molecule has 2 aromatic rings. The van der Waals surface area contributed by atoms with Gasteiger partial charge in [-0.15, -0.1) is 0 Å². The van der Waals surface area contributed by atoms with E-state index in [4.69, 9.17) is 4.42 Å². The monoisotopic (exact) mass is 394 g/mol. The van der Waals surface area contributed by atoms with Gasteiger partial charge in [0, 0.05) is 32.4 Å². The fraction of sp³-hybridized carbons (Fsp3) is 0.478. The minimum atomic E-state index is -0.245. The summed E-state index contributed by atoms with van der Waals surface area (Å²) in [5.74, 6) is 1.03. The Labute approximate surface area is 172 Å². The van der Waals surface area contributed by atoms with E-state index >= 15 is 0 Å². The lowest BCUT2D eigenvalue weighted by Crippen LogP contribution is -2.41. The number of anilines is 1. The molecule has 2 fully saturated rings. The van der Waals surface area contributed by atoms with Crippen molar-refractivity contribution in [3.05, 3.63) is 54.0 Å². The van der Waals surface area contributed by atoms with E-state index in [1.165, 1.54) is 44.8 Å². The number of guanidine groups is 1. The third kappa shape index (κ3) is 4.63. The van der Waals surface area contributed by atoms with E-state index in [1.807, 2.05) is 25.2 Å². The third-order valence-electron chi connectivity index (χ3n) is 6.24. The van der Waals surface area contributed by atoms with Crippen LogP contribution in [0, 0.1) is 5.41 Å². The maximum Gasteiger partial charge on any atom is 0.291 e. The van der Waals surface area contributed by atoms with Gasteiger partial charge in [0.1, 0.15) is 0 Å². The number of likely N-dealkylation sites (tertiary alicyclic amines) is 1. The summed E-state index contributed by atoms with van der Waals surface area (Å²) >= 11 is 0. The largest absolute Gasteiger partial charge is 0.459 e. The number of hydrogen-bond donors (Lipinski definition) is 2. The van der Waals surface area contributed by atoms with Gasteiger partial charge >= 0.3 is 0 Å². The maximum atomic E-state index is 12.2. The first-order valence-corrected chi connectivity index (χ1v) is 10.6. The highest BCUT2D eigenvalue weighted by Gasteiger charge is 2.39. The van der Waals surface area contributed by atoms with E-state index in [0.29, 0.717) is 17.7 Å². The second-order valence-electron chi connectivity index (χ2n) is 8.26. The van der Waals surface area contributed by atoms with E-state index in [-0.39, 0.29) is 5.91 Å². The molecule has 4 rings (SSSR count). The molecule has 2 aliphatic rings. The van der Waals surface area contributed by atoms with Crippen LogP contribution >= 0.6 is 0 Å². The molecule has 2 N–H and O–H groups in total. The second kappa shape index (κ2) is 8.72. The van der Waals surface area contributed by atoms with Gasteiger partial charge in [-0.1, -0.05) is 31.4 Å². The van der Waals surface area contributed by atoms with E-state index in [1.54, 1.807) is 12.1 Å². The summed E-state index contributed by atoms with van der Waals surface area (Å²) in [6.07, 6.45) is 9.63. The van der Waals surface area contributed by atoms with Gasteiger partial charge in [-0.05, 0) is 54.5 Å². The standard InChI is InChI=1S/C23H30N4O2/c1-24-22(27-13-12-23(17-27)10-3-2-4-11-23)25-16-18-7-5-8-19(15-18)26-21(28)20-9-6-14-29-20/h5-9,14-15H,2-4,10-13,16-17H2,1H3,(H,24,25)(H,26,28). The molecule has 0 unspecified atom stereocenters. The van der Waals surface area contributed by atoms with Gasteiger partial charge in [-0.3, -0.25) is 9.79 Å². The van der Waals surface area contributed by atoms with Crippen molar-refractivity contribution in [2.24, 2.45) is 10.4 Å². The van der Waals surface area contributed by atoms with Crippen LogP contribution in [0.15, 0.2) is 52.1 Å². The molecule has 6 nitrogen and oxygen atoms in total. The number of rotatable bonds is 4. The molecule has 1 saturated carbocycles. The minimum absolute atomic E-state index is 0.245. The molecule has 1 aromatic heterocycles. The van der Waals surface area contributed by atoms with Gasteiger partial charge in [0.05, 0.1) is 6.26 Å². The first-order chi connectivity index (χ1) is 14.2. The maximum absolute atomic E-state index is 12.2. The summed E-state index contributed by atoms with van der Waals surface area (Å²) in [6, 6.07) is 11.2. The average molecular weight is 395 g/mol. The van der Waals surface area contributed by atoms with Gasteiger partial charge in [-0.2, -0.15) is 0 Å². The molecule has 0 radical (unpaired) electrons. The van der Waals surface area contributed by atoms with Crippen LogP contribution in [-0.4, -0.2) is 36.9 Å². The summed E-state index contributed by atoms with van der Waals surface area (Å²) < 4.78 is 5.15. The zero-order valence-corrected chi connectivity index (χ0v) is 17.1. The number of aliphatic imine (C=N–C) groups is 1. The summed E-state index contributed by atoms with van der Waals surface area (Å²) in [5, 5.41) is 6.38. The number of nitrogens with zero attached hydrogens (tertiary/aromatic N) is 2. The average Bonchev–Trinajstić information content (AvgIpc) is 3.41.